The number of hydrogen-bond donors (Lipinski definition) is 2. The Morgan fingerprint density at radius 3 is 2.79 bits per heavy atom. The van der Waals surface area contributed by atoms with Gasteiger partial charge in [-0.3, -0.25) is 9.36 Å². The fraction of sp³-hybridized carbons (Fsp3) is 0.150. The smallest absolute Gasteiger partial charge is 0.326 e. The summed E-state index contributed by atoms with van der Waals surface area (Å²) in [5.74, 6) is 0.169. The van der Waals surface area contributed by atoms with Crippen LogP contribution in [0.2, 0.25) is 5.02 Å². The average Bonchev–Trinajstić information content (AvgIpc) is 3.30. The van der Waals surface area contributed by atoms with Crippen molar-refractivity contribution in [3.05, 3.63) is 75.8 Å². The summed E-state index contributed by atoms with van der Waals surface area (Å²) >= 11 is 5.87. The lowest BCUT2D eigenvalue weighted by Gasteiger charge is -2.04. The van der Waals surface area contributed by atoms with E-state index in [9.17, 15) is 9.59 Å². The fourth-order valence-electron chi connectivity index (χ4n) is 2.99. The van der Waals surface area contributed by atoms with E-state index in [-0.39, 0.29) is 17.3 Å². The highest BCUT2D eigenvalue weighted by atomic mass is 35.5. The Hall–Kier alpha value is -3.32. The zero-order chi connectivity index (χ0) is 19.5. The Bertz CT molecular complexity index is 1170. The van der Waals surface area contributed by atoms with Gasteiger partial charge in [-0.25, -0.2) is 4.79 Å². The van der Waals surface area contributed by atoms with Crippen molar-refractivity contribution in [2.45, 2.75) is 13.0 Å². The molecular formula is C20H17ClN4O3. The van der Waals surface area contributed by atoms with Crippen molar-refractivity contribution < 1.29 is 9.32 Å². The van der Waals surface area contributed by atoms with Crippen molar-refractivity contribution in [2.24, 2.45) is 0 Å². The standard InChI is InChI=1S/C20H17ClN4O3/c21-14-8-6-13(7-9-14)18-12-16(24-28-18)19(26)22-10-3-11-25-17-5-2-1-4-15(17)23-20(25)27/h1-2,4-9,12H,3,10-11H2,(H,22,26)(H,23,27). The molecule has 0 spiro atoms. The molecule has 2 N–H and O–H groups in total. The van der Waals surface area contributed by atoms with Gasteiger partial charge in [0.25, 0.3) is 5.91 Å². The minimum absolute atomic E-state index is 0.156. The van der Waals surface area contributed by atoms with Crippen molar-refractivity contribution >= 4 is 28.5 Å². The van der Waals surface area contributed by atoms with E-state index in [1.807, 2.05) is 24.3 Å². The summed E-state index contributed by atoms with van der Waals surface area (Å²) < 4.78 is 6.90. The van der Waals surface area contributed by atoms with E-state index in [0.29, 0.717) is 30.3 Å². The van der Waals surface area contributed by atoms with E-state index < -0.39 is 0 Å². The monoisotopic (exact) mass is 396 g/mol. The van der Waals surface area contributed by atoms with E-state index in [1.165, 1.54) is 0 Å². The van der Waals surface area contributed by atoms with Crippen LogP contribution in [0, 0.1) is 0 Å². The van der Waals surface area contributed by atoms with Crippen LogP contribution in [0.25, 0.3) is 22.4 Å². The number of imidazole rings is 1. The van der Waals surface area contributed by atoms with Gasteiger partial charge in [-0.15, -0.1) is 0 Å². The third-order valence-corrected chi connectivity index (χ3v) is 4.65. The van der Waals surface area contributed by atoms with Crippen LogP contribution in [0.15, 0.2) is 63.9 Å². The number of fused-ring (bicyclic) bond motifs is 1. The number of hydrogen-bond acceptors (Lipinski definition) is 4. The lowest BCUT2D eigenvalue weighted by molar-refractivity contribution is 0.0944. The summed E-state index contributed by atoms with van der Waals surface area (Å²) in [7, 11) is 0. The lowest BCUT2D eigenvalue weighted by Crippen LogP contribution is -2.26. The highest BCUT2D eigenvalue weighted by Crippen LogP contribution is 2.22. The van der Waals surface area contributed by atoms with Crippen LogP contribution < -0.4 is 11.0 Å². The number of aromatic nitrogens is 3. The molecule has 2 aromatic heterocycles. The van der Waals surface area contributed by atoms with Gasteiger partial charge in [0, 0.05) is 29.7 Å². The topological polar surface area (TPSA) is 92.9 Å². The molecule has 2 aromatic carbocycles. The van der Waals surface area contributed by atoms with Gasteiger partial charge in [-0.05, 0) is 42.8 Å². The van der Waals surface area contributed by atoms with Crippen LogP contribution in [0.1, 0.15) is 16.9 Å². The molecule has 7 nitrogen and oxygen atoms in total. The number of benzene rings is 2. The molecule has 0 saturated heterocycles. The van der Waals surface area contributed by atoms with Gasteiger partial charge in [-0.1, -0.05) is 28.9 Å². The van der Waals surface area contributed by atoms with Crippen molar-refractivity contribution in [3.8, 4) is 11.3 Å². The third kappa shape index (κ3) is 3.70. The second-order valence-electron chi connectivity index (χ2n) is 6.29. The summed E-state index contributed by atoms with van der Waals surface area (Å²) in [5, 5.41) is 7.23. The quantitative estimate of drug-likeness (QED) is 0.488. The summed E-state index contributed by atoms with van der Waals surface area (Å²) in [6.07, 6.45) is 0.607. The van der Waals surface area contributed by atoms with Gasteiger partial charge in [0.15, 0.2) is 11.5 Å². The molecule has 0 aliphatic heterocycles. The molecule has 0 radical (unpaired) electrons. The molecular weight excluding hydrogens is 380 g/mol. The first-order valence-corrected chi connectivity index (χ1v) is 9.18. The Morgan fingerprint density at radius 1 is 1.18 bits per heavy atom. The molecule has 0 aliphatic carbocycles. The number of carbonyl (C=O) groups excluding carboxylic acids is 1. The van der Waals surface area contributed by atoms with Gasteiger partial charge in [0.05, 0.1) is 11.0 Å². The average molecular weight is 397 g/mol. The van der Waals surface area contributed by atoms with Crippen LogP contribution in [-0.2, 0) is 6.54 Å². The molecule has 0 aliphatic rings. The molecule has 0 unspecified atom stereocenters. The minimum atomic E-state index is -0.324. The summed E-state index contributed by atoms with van der Waals surface area (Å²) in [6.45, 7) is 0.909. The molecule has 8 heteroatoms. The highest BCUT2D eigenvalue weighted by molar-refractivity contribution is 6.30. The number of para-hydroxylation sites is 2. The number of aromatic amines is 1. The maximum absolute atomic E-state index is 12.3. The second kappa shape index (κ2) is 7.74. The largest absolute Gasteiger partial charge is 0.355 e. The SMILES string of the molecule is O=C(NCCCn1c(=O)[nH]c2ccccc21)c1cc(-c2ccc(Cl)cc2)on1. The van der Waals surface area contributed by atoms with E-state index in [1.54, 1.807) is 34.9 Å². The van der Waals surface area contributed by atoms with Gasteiger partial charge in [0.1, 0.15) is 0 Å². The number of rotatable bonds is 6. The predicted octanol–water partition coefficient (Wildman–Crippen LogP) is 3.46. The molecule has 2 heterocycles. The zero-order valence-electron chi connectivity index (χ0n) is 14.8. The number of carbonyl (C=O) groups is 1. The van der Waals surface area contributed by atoms with Crippen LogP contribution >= 0.6 is 11.6 Å². The third-order valence-electron chi connectivity index (χ3n) is 4.40. The van der Waals surface area contributed by atoms with E-state index in [2.05, 4.69) is 15.5 Å². The molecule has 28 heavy (non-hydrogen) atoms. The van der Waals surface area contributed by atoms with Crippen molar-refractivity contribution in [1.82, 2.24) is 20.0 Å². The molecule has 142 valence electrons. The predicted molar refractivity (Wildman–Crippen MR) is 106 cm³/mol. The zero-order valence-corrected chi connectivity index (χ0v) is 15.6. The second-order valence-corrected chi connectivity index (χ2v) is 6.73. The highest BCUT2D eigenvalue weighted by Gasteiger charge is 2.13. The first-order chi connectivity index (χ1) is 13.6. The summed E-state index contributed by atoms with van der Waals surface area (Å²) in [5.41, 5.74) is 2.48. The van der Waals surface area contributed by atoms with Crippen molar-refractivity contribution in [1.29, 1.82) is 0 Å². The Morgan fingerprint density at radius 2 is 1.96 bits per heavy atom. The Balaban J connectivity index is 1.34. The van der Waals surface area contributed by atoms with Crippen LogP contribution in [0.3, 0.4) is 0 Å². The Kier molecular flexibility index (Phi) is 4.99. The normalized spacial score (nSPS) is 11.0. The van der Waals surface area contributed by atoms with Crippen LogP contribution in [0.5, 0.6) is 0 Å². The molecule has 0 atom stereocenters. The fourth-order valence-corrected chi connectivity index (χ4v) is 3.12. The molecule has 4 rings (SSSR count). The van der Waals surface area contributed by atoms with Crippen LogP contribution in [0.4, 0.5) is 0 Å². The summed E-state index contributed by atoms with van der Waals surface area (Å²) in [4.78, 5) is 27.1. The number of nitrogens with zero attached hydrogens (tertiary/aromatic N) is 2. The van der Waals surface area contributed by atoms with Crippen LogP contribution in [-0.4, -0.2) is 27.2 Å². The molecule has 0 fully saturated rings. The first-order valence-electron chi connectivity index (χ1n) is 8.80. The van der Waals surface area contributed by atoms with Crippen molar-refractivity contribution in [2.75, 3.05) is 6.54 Å². The maximum atomic E-state index is 12.3. The van der Waals surface area contributed by atoms with Gasteiger partial charge in [-0.2, -0.15) is 0 Å². The first kappa shape index (κ1) is 18.1. The number of aryl methyl sites for hydroxylation is 1. The number of nitrogens with one attached hydrogen (secondary N) is 2. The van der Waals surface area contributed by atoms with E-state index >= 15 is 0 Å². The molecule has 1 amide bonds. The number of amides is 1. The number of halogens is 1. The Labute approximate surface area is 164 Å². The van der Waals surface area contributed by atoms with E-state index in [0.717, 1.165) is 16.6 Å². The van der Waals surface area contributed by atoms with Gasteiger partial charge in [0.2, 0.25) is 0 Å². The van der Waals surface area contributed by atoms with Gasteiger partial charge < -0.3 is 14.8 Å². The summed E-state index contributed by atoms with van der Waals surface area (Å²) in [6, 6.07) is 16.2. The van der Waals surface area contributed by atoms with E-state index in [4.69, 9.17) is 16.1 Å². The molecule has 0 saturated carbocycles. The van der Waals surface area contributed by atoms with Crippen molar-refractivity contribution in [3.63, 3.8) is 0 Å². The number of H-pyrrole nitrogens is 1. The molecule has 4 aromatic rings. The minimum Gasteiger partial charge on any atom is -0.355 e. The molecule has 0 bridgehead atoms. The lowest BCUT2D eigenvalue weighted by atomic mass is 10.1. The van der Waals surface area contributed by atoms with Gasteiger partial charge >= 0.3 is 5.69 Å². The maximum Gasteiger partial charge on any atom is 0.326 e.